The van der Waals surface area contributed by atoms with E-state index in [4.69, 9.17) is 31.5 Å². The van der Waals surface area contributed by atoms with Crippen LogP contribution in [0.3, 0.4) is 0 Å². The van der Waals surface area contributed by atoms with Crippen LogP contribution in [-0.2, 0) is 28.6 Å². The van der Waals surface area contributed by atoms with E-state index in [9.17, 15) is 19.2 Å². The number of nitrogens with one attached hydrogen (secondary N) is 2. The Balaban J connectivity index is 2.64. The highest BCUT2D eigenvalue weighted by molar-refractivity contribution is 6.29. The molecule has 0 fully saturated rings. The molecule has 1 aliphatic heterocycles. The van der Waals surface area contributed by atoms with Crippen molar-refractivity contribution in [3.8, 4) is 0 Å². The predicted molar refractivity (Wildman–Crippen MR) is 158 cm³/mol. The number of amides is 3. The molecule has 1 heterocycles. The molecule has 0 spiro atoms. The number of ether oxygens (including phenoxy) is 3. The number of esters is 1. The number of allylic oxidation sites excluding steroid dienone is 5. The summed E-state index contributed by atoms with van der Waals surface area (Å²) in [5.41, 5.74) is 5.48. The van der Waals surface area contributed by atoms with E-state index < -0.39 is 41.4 Å². The summed E-state index contributed by atoms with van der Waals surface area (Å²) in [6.07, 6.45) is 15.0. The lowest BCUT2D eigenvalue weighted by molar-refractivity contribution is -0.149. The zero-order valence-electron chi connectivity index (χ0n) is 24.6. The van der Waals surface area contributed by atoms with Gasteiger partial charge in [-0.15, -0.1) is 0 Å². The Labute approximate surface area is 247 Å². The summed E-state index contributed by atoms with van der Waals surface area (Å²) in [5, 5.41) is 5.97. The molecule has 11 heteroatoms. The molecule has 0 aromatic rings. The summed E-state index contributed by atoms with van der Waals surface area (Å²) >= 11 is 5.84. The molecule has 0 bridgehead atoms. The highest BCUT2D eigenvalue weighted by Gasteiger charge is 2.32. The van der Waals surface area contributed by atoms with Gasteiger partial charge in [-0.05, 0) is 31.5 Å². The number of rotatable bonds is 14. The van der Waals surface area contributed by atoms with E-state index in [-0.39, 0.29) is 11.9 Å². The van der Waals surface area contributed by atoms with Crippen LogP contribution in [-0.4, -0.2) is 49.2 Å². The molecule has 0 aliphatic carbocycles. The van der Waals surface area contributed by atoms with Gasteiger partial charge in [-0.2, -0.15) is 0 Å². The SMILES string of the molecule is COC1=CCC(C/C=C(C)/C=C\C=C/C(=O)NC(C(=O)N/C=C\CC(C/C=C(\C)Cl)OC(N)=O)C(C)(C)C)OC1=O. The number of halogens is 1. The molecular formula is C30H42ClN3O7. The van der Waals surface area contributed by atoms with Crippen LogP contribution >= 0.6 is 11.6 Å². The van der Waals surface area contributed by atoms with Crippen LogP contribution in [0.5, 0.6) is 0 Å². The molecule has 1 aliphatic rings. The first kappa shape index (κ1) is 35.2. The molecule has 4 N–H and O–H groups in total. The number of carbonyl (C=O) groups is 4. The number of carbonyl (C=O) groups excluding carboxylic acids is 4. The van der Waals surface area contributed by atoms with Gasteiger partial charge >= 0.3 is 12.1 Å². The maximum atomic E-state index is 12.8. The normalized spacial score (nSPS) is 18.2. The Morgan fingerprint density at radius 2 is 1.85 bits per heavy atom. The summed E-state index contributed by atoms with van der Waals surface area (Å²) in [5.74, 6) is -1.07. The molecule has 1 rings (SSSR count). The van der Waals surface area contributed by atoms with Crippen molar-refractivity contribution in [2.75, 3.05) is 7.11 Å². The second kappa shape index (κ2) is 17.8. The highest BCUT2D eigenvalue weighted by atomic mass is 35.5. The van der Waals surface area contributed by atoms with E-state index in [2.05, 4.69) is 10.6 Å². The van der Waals surface area contributed by atoms with Gasteiger partial charge in [0, 0.05) is 36.8 Å². The van der Waals surface area contributed by atoms with Gasteiger partial charge in [0.15, 0.2) is 5.76 Å². The topological polar surface area (TPSA) is 146 Å². The fraction of sp³-hybridized carbons (Fsp3) is 0.467. The lowest BCUT2D eigenvalue weighted by atomic mass is 9.86. The first-order valence-corrected chi connectivity index (χ1v) is 13.6. The minimum absolute atomic E-state index is 0.222. The van der Waals surface area contributed by atoms with Crippen molar-refractivity contribution < 1.29 is 33.4 Å². The van der Waals surface area contributed by atoms with Crippen LogP contribution in [0.1, 0.15) is 60.3 Å². The molecule has 10 nitrogen and oxygen atoms in total. The van der Waals surface area contributed by atoms with E-state index >= 15 is 0 Å². The molecule has 0 saturated heterocycles. The summed E-state index contributed by atoms with van der Waals surface area (Å²) < 4.78 is 15.3. The second-order valence-electron chi connectivity index (χ2n) is 10.5. The van der Waals surface area contributed by atoms with Gasteiger partial charge in [-0.3, -0.25) is 9.59 Å². The Morgan fingerprint density at radius 1 is 1.17 bits per heavy atom. The lowest BCUT2D eigenvalue weighted by Crippen LogP contribution is -2.52. The van der Waals surface area contributed by atoms with Gasteiger partial charge in [-0.1, -0.05) is 74.4 Å². The van der Waals surface area contributed by atoms with Crippen molar-refractivity contribution >= 4 is 35.5 Å². The van der Waals surface area contributed by atoms with E-state index in [1.54, 1.807) is 37.3 Å². The Bertz CT molecular complexity index is 1110. The average Bonchev–Trinajstić information content (AvgIpc) is 2.88. The molecule has 226 valence electrons. The summed E-state index contributed by atoms with van der Waals surface area (Å²) in [6.45, 7) is 9.13. The van der Waals surface area contributed by atoms with Gasteiger partial charge in [0.25, 0.3) is 0 Å². The second-order valence-corrected chi connectivity index (χ2v) is 11.1. The van der Waals surface area contributed by atoms with E-state index in [1.807, 2.05) is 39.8 Å². The minimum Gasteiger partial charge on any atom is -0.490 e. The van der Waals surface area contributed by atoms with E-state index in [1.165, 1.54) is 19.4 Å². The van der Waals surface area contributed by atoms with E-state index in [0.29, 0.717) is 30.7 Å². The van der Waals surface area contributed by atoms with Crippen molar-refractivity contribution in [1.29, 1.82) is 0 Å². The quantitative estimate of drug-likeness (QED) is 0.149. The van der Waals surface area contributed by atoms with Gasteiger partial charge in [0.05, 0.1) is 7.11 Å². The van der Waals surface area contributed by atoms with Crippen LogP contribution in [0.15, 0.2) is 71.2 Å². The zero-order chi connectivity index (χ0) is 31.0. The molecule has 3 atom stereocenters. The standard InChI is InChI=1S/C30H42ClN3O7/c1-20(13-15-23-17-18-24(39-6)28(37)40-23)10-7-8-12-25(35)34-26(30(3,4)5)27(36)33-19-9-11-22(41-29(32)38)16-14-21(2)31/h7-10,12-14,18-19,22-23,26H,11,15-17H2,1-6H3,(H2,32,38)(H,33,36)(H,34,35)/b10-7-,12-8-,19-9-,20-13+,21-14+. The largest absolute Gasteiger partial charge is 0.490 e. The minimum atomic E-state index is -0.900. The third kappa shape index (κ3) is 15.0. The summed E-state index contributed by atoms with van der Waals surface area (Å²) in [4.78, 5) is 48.2. The zero-order valence-corrected chi connectivity index (χ0v) is 25.3. The van der Waals surface area contributed by atoms with Gasteiger partial charge < -0.3 is 30.6 Å². The van der Waals surface area contributed by atoms with Gasteiger partial charge in [0.2, 0.25) is 11.8 Å². The van der Waals surface area contributed by atoms with Crippen LogP contribution in [0.2, 0.25) is 0 Å². The molecule has 0 radical (unpaired) electrons. The van der Waals surface area contributed by atoms with Crippen LogP contribution in [0, 0.1) is 5.41 Å². The van der Waals surface area contributed by atoms with Gasteiger partial charge in [-0.25, -0.2) is 9.59 Å². The number of hydrogen-bond donors (Lipinski definition) is 3. The van der Waals surface area contributed by atoms with Crippen molar-refractivity contribution in [3.05, 3.63) is 71.2 Å². The average molecular weight is 592 g/mol. The van der Waals surface area contributed by atoms with E-state index in [0.717, 1.165) is 5.57 Å². The fourth-order valence-electron chi connectivity index (χ4n) is 3.59. The molecule has 0 aromatic heterocycles. The number of nitrogens with two attached hydrogens (primary N) is 1. The summed E-state index contributed by atoms with van der Waals surface area (Å²) in [6, 6.07) is -0.819. The van der Waals surface area contributed by atoms with Gasteiger partial charge in [0.1, 0.15) is 18.2 Å². The van der Waals surface area contributed by atoms with Crippen molar-refractivity contribution in [3.63, 3.8) is 0 Å². The van der Waals surface area contributed by atoms with Crippen LogP contribution in [0.4, 0.5) is 4.79 Å². The van der Waals surface area contributed by atoms with Crippen LogP contribution in [0.25, 0.3) is 0 Å². The Morgan fingerprint density at radius 3 is 2.44 bits per heavy atom. The smallest absolute Gasteiger partial charge is 0.404 e. The van der Waals surface area contributed by atoms with Crippen molar-refractivity contribution in [2.45, 2.75) is 78.6 Å². The lowest BCUT2D eigenvalue weighted by Gasteiger charge is -2.29. The summed E-state index contributed by atoms with van der Waals surface area (Å²) in [7, 11) is 1.43. The number of methoxy groups -OCH3 is 1. The highest BCUT2D eigenvalue weighted by Crippen LogP contribution is 2.20. The maximum Gasteiger partial charge on any atom is 0.404 e. The van der Waals surface area contributed by atoms with Crippen LogP contribution < -0.4 is 16.4 Å². The Hall–Kier alpha value is -3.79. The monoisotopic (exact) mass is 591 g/mol. The molecular weight excluding hydrogens is 550 g/mol. The number of hydrogen-bond acceptors (Lipinski definition) is 7. The third-order valence-electron chi connectivity index (χ3n) is 5.78. The predicted octanol–water partition coefficient (Wildman–Crippen LogP) is 4.83. The number of primary amides is 1. The van der Waals surface area contributed by atoms with Crippen molar-refractivity contribution in [1.82, 2.24) is 10.6 Å². The van der Waals surface area contributed by atoms with Crippen molar-refractivity contribution in [2.24, 2.45) is 11.1 Å². The number of cyclic esters (lactones) is 1. The molecule has 41 heavy (non-hydrogen) atoms. The Kier molecular flexibility index (Phi) is 15.3. The molecule has 0 aromatic carbocycles. The molecule has 3 unspecified atom stereocenters. The first-order chi connectivity index (χ1) is 19.2. The maximum absolute atomic E-state index is 12.8. The molecule has 3 amide bonds. The third-order valence-corrected chi connectivity index (χ3v) is 5.94. The molecule has 0 saturated carbocycles. The first-order valence-electron chi connectivity index (χ1n) is 13.2. The fourth-order valence-corrected chi connectivity index (χ4v) is 3.68.